The van der Waals surface area contributed by atoms with Crippen molar-refractivity contribution in [1.82, 2.24) is 9.97 Å². The molecule has 4 rings (SSSR count). The van der Waals surface area contributed by atoms with E-state index in [0.29, 0.717) is 5.69 Å². The van der Waals surface area contributed by atoms with Crippen LogP contribution in [0.1, 0.15) is 22.5 Å². The molecule has 4 nitrogen and oxygen atoms in total. The van der Waals surface area contributed by atoms with E-state index < -0.39 is 0 Å². The standard InChI is InChI=1S/C18H16N4/c1-12-8-15-9-16(10-19)21-18(17(15)20-12)22-7-6-13-4-2-3-5-14(13)11-22/h2-5,8-9,20H,6-7,11H2,1H3. The first kappa shape index (κ1) is 12.9. The molecule has 4 heteroatoms. The summed E-state index contributed by atoms with van der Waals surface area (Å²) < 4.78 is 0. The highest BCUT2D eigenvalue weighted by Crippen LogP contribution is 2.29. The number of nitrogens with zero attached hydrogens (tertiary/aromatic N) is 3. The Bertz CT molecular complexity index is 901. The Kier molecular flexibility index (Phi) is 2.87. The Morgan fingerprint density at radius 3 is 2.86 bits per heavy atom. The van der Waals surface area contributed by atoms with Gasteiger partial charge in [0.1, 0.15) is 11.8 Å². The van der Waals surface area contributed by atoms with Crippen molar-refractivity contribution in [2.75, 3.05) is 11.4 Å². The summed E-state index contributed by atoms with van der Waals surface area (Å²) in [5, 5.41) is 10.3. The third-order valence-corrected chi connectivity index (χ3v) is 4.27. The van der Waals surface area contributed by atoms with Gasteiger partial charge in [-0.2, -0.15) is 5.26 Å². The fourth-order valence-electron chi connectivity index (χ4n) is 3.22. The lowest BCUT2D eigenvalue weighted by Gasteiger charge is -2.30. The fraction of sp³-hybridized carbons (Fsp3) is 0.222. The van der Waals surface area contributed by atoms with E-state index in [1.165, 1.54) is 11.1 Å². The Hall–Kier alpha value is -2.80. The first-order valence-corrected chi connectivity index (χ1v) is 7.47. The van der Waals surface area contributed by atoms with Gasteiger partial charge < -0.3 is 9.88 Å². The monoisotopic (exact) mass is 288 g/mol. The highest BCUT2D eigenvalue weighted by molar-refractivity contribution is 5.91. The molecule has 2 aromatic heterocycles. The molecule has 0 radical (unpaired) electrons. The second-order valence-corrected chi connectivity index (χ2v) is 5.80. The number of pyridine rings is 1. The minimum absolute atomic E-state index is 0.473. The summed E-state index contributed by atoms with van der Waals surface area (Å²) in [5.74, 6) is 0.886. The smallest absolute Gasteiger partial charge is 0.154 e. The number of aryl methyl sites for hydroxylation is 1. The van der Waals surface area contributed by atoms with Crippen LogP contribution < -0.4 is 4.90 Å². The van der Waals surface area contributed by atoms with Gasteiger partial charge in [0.25, 0.3) is 0 Å². The van der Waals surface area contributed by atoms with Gasteiger partial charge in [0.05, 0.1) is 5.52 Å². The van der Waals surface area contributed by atoms with Gasteiger partial charge in [-0.25, -0.2) is 4.98 Å². The summed E-state index contributed by atoms with van der Waals surface area (Å²) in [5.41, 5.74) is 5.34. The highest BCUT2D eigenvalue weighted by Gasteiger charge is 2.20. The van der Waals surface area contributed by atoms with Crippen LogP contribution in [0.2, 0.25) is 0 Å². The van der Waals surface area contributed by atoms with Gasteiger partial charge in [0.2, 0.25) is 0 Å². The molecule has 1 N–H and O–H groups in total. The van der Waals surface area contributed by atoms with Gasteiger partial charge >= 0.3 is 0 Å². The van der Waals surface area contributed by atoms with E-state index in [1.807, 2.05) is 13.0 Å². The van der Waals surface area contributed by atoms with Crippen molar-refractivity contribution in [2.24, 2.45) is 0 Å². The number of nitriles is 1. The maximum atomic E-state index is 9.24. The summed E-state index contributed by atoms with van der Waals surface area (Å²) >= 11 is 0. The van der Waals surface area contributed by atoms with E-state index in [0.717, 1.165) is 41.9 Å². The average molecular weight is 288 g/mol. The summed E-state index contributed by atoms with van der Waals surface area (Å²) in [6, 6.07) is 14.6. The number of anilines is 1. The van der Waals surface area contributed by atoms with Gasteiger partial charge in [-0.1, -0.05) is 24.3 Å². The summed E-state index contributed by atoms with van der Waals surface area (Å²) in [4.78, 5) is 10.2. The van der Waals surface area contributed by atoms with E-state index in [1.54, 1.807) is 0 Å². The molecule has 0 fully saturated rings. The predicted octanol–water partition coefficient (Wildman–Crippen LogP) is 3.31. The van der Waals surface area contributed by atoms with Crippen molar-refractivity contribution >= 4 is 16.7 Å². The summed E-state index contributed by atoms with van der Waals surface area (Å²) in [7, 11) is 0. The van der Waals surface area contributed by atoms with Crippen LogP contribution in [-0.2, 0) is 13.0 Å². The van der Waals surface area contributed by atoms with Gasteiger partial charge in [0.15, 0.2) is 5.82 Å². The molecule has 0 spiro atoms. The molecular formula is C18H16N4. The Morgan fingerprint density at radius 1 is 1.23 bits per heavy atom. The molecule has 0 aliphatic carbocycles. The minimum atomic E-state index is 0.473. The quantitative estimate of drug-likeness (QED) is 0.747. The predicted molar refractivity (Wildman–Crippen MR) is 86.7 cm³/mol. The van der Waals surface area contributed by atoms with E-state index in [2.05, 4.69) is 51.3 Å². The molecule has 3 heterocycles. The number of H-pyrrole nitrogens is 1. The van der Waals surface area contributed by atoms with E-state index >= 15 is 0 Å². The summed E-state index contributed by atoms with van der Waals surface area (Å²) in [6.07, 6.45) is 1.01. The second kappa shape index (κ2) is 4.88. The fourth-order valence-corrected chi connectivity index (χ4v) is 3.22. The number of fused-ring (bicyclic) bond motifs is 2. The van der Waals surface area contributed by atoms with Crippen molar-refractivity contribution in [1.29, 1.82) is 5.26 Å². The molecule has 0 bridgehead atoms. The van der Waals surface area contributed by atoms with Crippen LogP contribution in [0.5, 0.6) is 0 Å². The zero-order chi connectivity index (χ0) is 15.1. The maximum Gasteiger partial charge on any atom is 0.154 e. The molecule has 0 saturated heterocycles. The molecule has 1 aliphatic rings. The van der Waals surface area contributed by atoms with Gasteiger partial charge in [-0.05, 0) is 36.6 Å². The van der Waals surface area contributed by atoms with Crippen LogP contribution in [0, 0.1) is 18.3 Å². The lowest BCUT2D eigenvalue weighted by molar-refractivity contribution is 0.723. The zero-order valence-electron chi connectivity index (χ0n) is 12.4. The van der Waals surface area contributed by atoms with Crippen molar-refractivity contribution in [3.8, 4) is 6.07 Å². The Morgan fingerprint density at radius 2 is 2.05 bits per heavy atom. The molecule has 0 unspecified atom stereocenters. The van der Waals surface area contributed by atoms with Crippen LogP contribution >= 0.6 is 0 Å². The van der Waals surface area contributed by atoms with Gasteiger partial charge in [-0.3, -0.25) is 0 Å². The molecule has 0 saturated carbocycles. The SMILES string of the molecule is Cc1cc2cc(C#N)nc(N3CCc4ccccc4C3)c2[nH]1. The molecule has 1 aromatic carbocycles. The first-order chi connectivity index (χ1) is 10.7. The van der Waals surface area contributed by atoms with E-state index in [9.17, 15) is 5.26 Å². The Balaban J connectivity index is 1.83. The number of hydrogen-bond donors (Lipinski definition) is 1. The molecule has 0 atom stereocenters. The number of nitrogens with one attached hydrogen (secondary N) is 1. The number of benzene rings is 1. The van der Waals surface area contributed by atoms with Crippen molar-refractivity contribution in [2.45, 2.75) is 19.9 Å². The van der Waals surface area contributed by atoms with Gasteiger partial charge in [0, 0.05) is 24.2 Å². The molecule has 22 heavy (non-hydrogen) atoms. The summed E-state index contributed by atoms with van der Waals surface area (Å²) in [6.45, 7) is 3.79. The van der Waals surface area contributed by atoms with Crippen molar-refractivity contribution in [3.05, 3.63) is 58.9 Å². The van der Waals surface area contributed by atoms with Crippen LogP contribution in [0.3, 0.4) is 0 Å². The number of aromatic nitrogens is 2. The molecule has 3 aromatic rings. The maximum absolute atomic E-state index is 9.24. The average Bonchev–Trinajstić information content (AvgIpc) is 2.93. The van der Waals surface area contributed by atoms with Crippen LogP contribution in [-0.4, -0.2) is 16.5 Å². The lowest BCUT2D eigenvalue weighted by Crippen LogP contribution is -2.31. The number of hydrogen-bond acceptors (Lipinski definition) is 3. The van der Waals surface area contributed by atoms with Crippen LogP contribution in [0.15, 0.2) is 36.4 Å². The number of aromatic amines is 1. The molecule has 0 amide bonds. The van der Waals surface area contributed by atoms with Crippen LogP contribution in [0.4, 0.5) is 5.82 Å². The largest absolute Gasteiger partial charge is 0.356 e. The zero-order valence-corrected chi connectivity index (χ0v) is 12.4. The van der Waals surface area contributed by atoms with Crippen molar-refractivity contribution < 1.29 is 0 Å². The molecule has 1 aliphatic heterocycles. The van der Waals surface area contributed by atoms with Gasteiger partial charge in [-0.15, -0.1) is 0 Å². The van der Waals surface area contributed by atoms with Crippen LogP contribution in [0.25, 0.3) is 10.9 Å². The van der Waals surface area contributed by atoms with E-state index in [-0.39, 0.29) is 0 Å². The topological polar surface area (TPSA) is 55.7 Å². The normalized spacial score (nSPS) is 13.9. The second-order valence-electron chi connectivity index (χ2n) is 5.80. The number of rotatable bonds is 1. The lowest BCUT2D eigenvalue weighted by atomic mass is 10.00. The van der Waals surface area contributed by atoms with Crippen molar-refractivity contribution in [3.63, 3.8) is 0 Å². The molecule has 108 valence electrons. The first-order valence-electron chi connectivity index (χ1n) is 7.47. The third-order valence-electron chi connectivity index (χ3n) is 4.27. The minimum Gasteiger partial charge on any atom is -0.356 e. The third kappa shape index (κ3) is 2.03. The highest BCUT2D eigenvalue weighted by atomic mass is 15.2. The van der Waals surface area contributed by atoms with E-state index in [4.69, 9.17) is 0 Å². The molecular weight excluding hydrogens is 272 g/mol. The Labute approximate surface area is 129 Å².